The number of carbonyl (C=O) groups excluding carboxylic acids is 2. The van der Waals surface area contributed by atoms with Gasteiger partial charge in [0.25, 0.3) is 0 Å². The van der Waals surface area contributed by atoms with E-state index in [-0.39, 0.29) is 23.4 Å². The van der Waals surface area contributed by atoms with Crippen LogP contribution in [0.15, 0.2) is 54.6 Å². The van der Waals surface area contributed by atoms with Gasteiger partial charge in [0.2, 0.25) is 11.8 Å². The Bertz CT molecular complexity index is 1050. The molecule has 1 aliphatic carbocycles. The fourth-order valence-electron chi connectivity index (χ4n) is 7.03. The zero-order chi connectivity index (χ0) is 25.7. The van der Waals surface area contributed by atoms with E-state index < -0.39 is 0 Å². The lowest BCUT2D eigenvalue weighted by Gasteiger charge is -2.44. The molecule has 0 radical (unpaired) electrons. The van der Waals surface area contributed by atoms with Crippen LogP contribution in [0.3, 0.4) is 0 Å². The third-order valence-electron chi connectivity index (χ3n) is 9.07. The third kappa shape index (κ3) is 5.93. The Kier molecular flexibility index (Phi) is 8.29. The van der Waals surface area contributed by atoms with E-state index in [0.717, 1.165) is 64.7 Å². The Morgan fingerprint density at radius 1 is 0.892 bits per heavy atom. The smallest absolute Gasteiger partial charge is 0.226 e. The van der Waals surface area contributed by atoms with Crippen molar-refractivity contribution in [3.8, 4) is 0 Å². The molecule has 1 saturated carbocycles. The predicted octanol–water partition coefficient (Wildman–Crippen LogP) is 5.60. The van der Waals surface area contributed by atoms with Crippen LogP contribution in [0.1, 0.15) is 87.4 Å². The first-order valence-electron chi connectivity index (χ1n) is 14.5. The van der Waals surface area contributed by atoms with Gasteiger partial charge in [0, 0.05) is 39.0 Å². The van der Waals surface area contributed by atoms with Crippen molar-refractivity contribution in [2.24, 2.45) is 5.92 Å². The van der Waals surface area contributed by atoms with E-state index >= 15 is 0 Å². The summed E-state index contributed by atoms with van der Waals surface area (Å²) < 4.78 is 0. The van der Waals surface area contributed by atoms with Crippen molar-refractivity contribution in [1.82, 2.24) is 15.1 Å². The van der Waals surface area contributed by atoms with Crippen LogP contribution in [0.4, 0.5) is 0 Å². The van der Waals surface area contributed by atoms with E-state index in [2.05, 4.69) is 63.6 Å². The highest BCUT2D eigenvalue weighted by Crippen LogP contribution is 2.37. The molecule has 1 atom stereocenters. The molecule has 2 aliphatic heterocycles. The number of piperidine rings is 1. The summed E-state index contributed by atoms with van der Waals surface area (Å²) in [7, 11) is 0. The second-order valence-corrected chi connectivity index (χ2v) is 11.4. The summed E-state index contributed by atoms with van der Waals surface area (Å²) in [6.07, 6.45) is 10.8. The number of hydrogen-bond donors (Lipinski definition) is 1. The molecule has 0 spiro atoms. The van der Waals surface area contributed by atoms with E-state index in [1.807, 2.05) is 6.07 Å². The van der Waals surface area contributed by atoms with E-state index in [1.165, 1.54) is 42.4 Å². The quantitative estimate of drug-likeness (QED) is 0.524. The molecule has 1 unspecified atom stereocenters. The van der Waals surface area contributed by atoms with E-state index in [4.69, 9.17) is 0 Å². The second-order valence-electron chi connectivity index (χ2n) is 11.4. The molecular formula is C32H43N3O2. The highest BCUT2D eigenvalue weighted by atomic mass is 16.2. The van der Waals surface area contributed by atoms with Crippen molar-refractivity contribution in [2.75, 3.05) is 26.2 Å². The number of benzene rings is 2. The first-order valence-corrected chi connectivity index (χ1v) is 14.5. The topological polar surface area (TPSA) is 52.7 Å². The van der Waals surface area contributed by atoms with E-state index in [1.54, 1.807) is 6.92 Å². The maximum absolute atomic E-state index is 13.8. The molecule has 5 heteroatoms. The fourth-order valence-corrected chi connectivity index (χ4v) is 7.03. The van der Waals surface area contributed by atoms with Gasteiger partial charge in [-0.15, -0.1) is 0 Å². The van der Waals surface area contributed by atoms with Gasteiger partial charge in [-0.2, -0.15) is 0 Å². The maximum Gasteiger partial charge on any atom is 0.226 e. The molecule has 3 aliphatic rings. The summed E-state index contributed by atoms with van der Waals surface area (Å²) in [5, 5.41) is 3.30. The minimum atomic E-state index is -0.289. The van der Waals surface area contributed by atoms with Gasteiger partial charge in [-0.1, -0.05) is 80.3 Å². The van der Waals surface area contributed by atoms with Gasteiger partial charge in [-0.3, -0.25) is 9.59 Å². The largest absolute Gasteiger partial charge is 0.347 e. The summed E-state index contributed by atoms with van der Waals surface area (Å²) >= 11 is 0. The lowest BCUT2D eigenvalue weighted by atomic mass is 9.80. The maximum atomic E-state index is 13.8. The summed E-state index contributed by atoms with van der Waals surface area (Å²) in [6.45, 7) is 5.33. The van der Waals surface area contributed by atoms with Gasteiger partial charge < -0.3 is 15.1 Å². The molecule has 2 heterocycles. The molecule has 1 saturated heterocycles. The first-order chi connectivity index (χ1) is 18.1. The van der Waals surface area contributed by atoms with Crippen LogP contribution in [0.25, 0.3) is 0 Å². The second kappa shape index (κ2) is 11.8. The molecule has 2 aromatic carbocycles. The standard InChI is InChI=1S/C32H43N3O2/c1-25(36)33-32(28-14-7-4-8-15-28)19-23-34(24-20-32)21-18-30-29-16-10-9-11-26(29)17-22-35(30)31(37)27-12-5-2-3-6-13-27/h4,7-11,14-16,27,30H,2-3,5-6,12-13,17-24H2,1H3,(H,33,36). The Hall–Kier alpha value is -2.66. The highest BCUT2D eigenvalue weighted by Gasteiger charge is 2.38. The van der Waals surface area contributed by atoms with Crippen LogP contribution in [-0.4, -0.2) is 47.8 Å². The number of hydrogen-bond acceptors (Lipinski definition) is 3. The molecule has 2 amide bonds. The van der Waals surface area contributed by atoms with Crippen molar-refractivity contribution in [1.29, 1.82) is 0 Å². The van der Waals surface area contributed by atoms with Gasteiger partial charge in [0.1, 0.15) is 0 Å². The Labute approximate surface area is 222 Å². The summed E-state index contributed by atoms with van der Waals surface area (Å²) in [6, 6.07) is 19.4. The Balaban J connectivity index is 1.28. The zero-order valence-electron chi connectivity index (χ0n) is 22.5. The van der Waals surface area contributed by atoms with Crippen LogP contribution in [0, 0.1) is 5.92 Å². The normalized spacial score (nSPS) is 22.6. The fraction of sp³-hybridized carbons (Fsp3) is 0.562. The molecular weight excluding hydrogens is 458 g/mol. The average Bonchev–Trinajstić information content (AvgIpc) is 3.22. The van der Waals surface area contributed by atoms with Crippen molar-refractivity contribution < 1.29 is 9.59 Å². The van der Waals surface area contributed by atoms with Crippen molar-refractivity contribution in [3.05, 3.63) is 71.3 Å². The predicted molar refractivity (Wildman–Crippen MR) is 148 cm³/mol. The van der Waals surface area contributed by atoms with Crippen molar-refractivity contribution >= 4 is 11.8 Å². The molecule has 5 nitrogen and oxygen atoms in total. The van der Waals surface area contributed by atoms with Gasteiger partial charge in [0.15, 0.2) is 0 Å². The zero-order valence-corrected chi connectivity index (χ0v) is 22.5. The van der Waals surface area contributed by atoms with E-state index in [9.17, 15) is 9.59 Å². The summed E-state index contributed by atoms with van der Waals surface area (Å²) in [5.41, 5.74) is 3.67. The number of amides is 2. The van der Waals surface area contributed by atoms with E-state index in [0.29, 0.717) is 5.91 Å². The van der Waals surface area contributed by atoms with Crippen molar-refractivity contribution in [2.45, 2.75) is 82.7 Å². The molecule has 1 N–H and O–H groups in total. The molecule has 0 bridgehead atoms. The minimum Gasteiger partial charge on any atom is -0.347 e. The number of rotatable bonds is 6. The molecule has 5 rings (SSSR count). The Morgan fingerprint density at radius 2 is 1.57 bits per heavy atom. The average molecular weight is 502 g/mol. The summed E-state index contributed by atoms with van der Waals surface area (Å²) in [4.78, 5) is 30.7. The number of carbonyl (C=O) groups is 2. The van der Waals surface area contributed by atoms with Gasteiger partial charge >= 0.3 is 0 Å². The lowest BCUT2D eigenvalue weighted by molar-refractivity contribution is -0.139. The van der Waals surface area contributed by atoms with Gasteiger partial charge in [-0.25, -0.2) is 0 Å². The SMILES string of the molecule is CC(=O)NC1(c2ccccc2)CCN(CCC2c3ccccc3CCN2C(=O)C2CCCCCC2)CC1. The monoisotopic (exact) mass is 501 g/mol. The molecule has 2 aromatic rings. The molecule has 2 fully saturated rings. The number of fused-ring (bicyclic) bond motifs is 1. The first kappa shape index (κ1) is 26.0. The summed E-state index contributed by atoms with van der Waals surface area (Å²) in [5.74, 6) is 0.631. The van der Waals surface area contributed by atoms with Crippen molar-refractivity contribution in [3.63, 3.8) is 0 Å². The van der Waals surface area contributed by atoms with Crippen LogP contribution in [0.2, 0.25) is 0 Å². The number of likely N-dealkylation sites (tertiary alicyclic amines) is 1. The van der Waals surface area contributed by atoms with Crippen LogP contribution < -0.4 is 5.32 Å². The van der Waals surface area contributed by atoms with Gasteiger partial charge in [-0.05, 0) is 55.2 Å². The lowest BCUT2D eigenvalue weighted by Crippen LogP contribution is -2.53. The number of nitrogens with zero attached hydrogens (tertiary/aromatic N) is 2. The van der Waals surface area contributed by atoms with Crippen LogP contribution >= 0.6 is 0 Å². The molecule has 37 heavy (non-hydrogen) atoms. The molecule has 0 aromatic heterocycles. The van der Waals surface area contributed by atoms with Crippen LogP contribution in [0.5, 0.6) is 0 Å². The number of nitrogens with one attached hydrogen (secondary N) is 1. The molecule has 198 valence electrons. The minimum absolute atomic E-state index is 0.0313. The van der Waals surface area contributed by atoms with Crippen LogP contribution in [-0.2, 0) is 21.5 Å². The van der Waals surface area contributed by atoms with Gasteiger partial charge in [0.05, 0.1) is 11.6 Å². The third-order valence-corrected chi connectivity index (χ3v) is 9.07. The highest BCUT2D eigenvalue weighted by molar-refractivity contribution is 5.79. The Morgan fingerprint density at radius 3 is 2.27 bits per heavy atom.